The van der Waals surface area contributed by atoms with Crippen LogP contribution < -0.4 is 9.44 Å². The van der Waals surface area contributed by atoms with E-state index in [2.05, 4.69) is 9.44 Å². The summed E-state index contributed by atoms with van der Waals surface area (Å²) in [6.07, 6.45) is 0. The summed E-state index contributed by atoms with van der Waals surface area (Å²) in [7, 11) is -7.66. The second-order valence-corrected chi connectivity index (χ2v) is 11.3. The van der Waals surface area contributed by atoms with Crippen molar-refractivity contribution in [2.24, 2.45) is 0 Å². The van der Waals surface area contributed by atoms with Crippen LogP contribution in [-0.2, 0) is 20.0 Å². The van der Waals surface area contributed by atoms with Crippen LogP contribution in [0.2, 0.25) is 0 Å². The summed E-state index contributed by atoms with van der Waals surface area (Å²) < 4.78 is 55.9. The van der Waals surface area contributed by atoms with Gasteiger partial charge in [-0.15, -0.1) is 11.3 Å². The molecule has 3 rings (SSSR count). The Balaban J connectivity index is 1.93. The van der Waals surface area contributed by atoms with E-state index in [1.165, 1.54) is 12.1 Å². The molecular weight excluding hydrogens is 416 g/mol. The van der Waals surface area contributed by atoms with Crippen LogP contribution in [0.25, 0.3) is 0 Å². The Morgan fingerprint density at radius 1 is 0.750 bits per heavy atom. The van der Waals surface area contributed by atoms with Gasteiger partial charge in [-0.1, -0.05) is 18.2 Å². The van der Waals surface area contributed by atoms with E-state index in [0.29, 0.717) is 11.3 Å². The van der Waals surface area contributed by atoms with Crippen molar-refractivity contribution in [1.82, 2.24) is 0 Å². The summed E-state index contributed by atoms with van der Waals surface area (Å²) in [5, 5.41) is 0. The van der Waals surface area contributed by atoms with E-state index in [0.717, 1.165) is 21.8 Å². The van der Waals surface area contributed by atoms with Gasteiger partial charge in [-0.05, 0) is 68.3 Å². The molecule has 3 aromatic rings. The van der Waals surface area contributed by atoms with Gasteiger partial charge in [-0.2, -0.15) is 0 Å². The molecule has 0 amide bonds. The van der Waals surface area contributed by atoms with Gasteiger partial charge in [0, 0.05) is 10.6 Å². The maximum atomic E-state index is 12.8. The van der Waals surface area contributed by atoms with Crippen LogP contribution in [0.1, 0.15) is 16.0 Å². The van der Waals surface area contributed by atoms with Crippen molar-refractivity contribution in [3.8, 4) is 0 Å². The number of thiophene rings is 1. The topological polar surface area (TPSA) is 92.3 Å². The molecule has 6 nitrogen and oxygen atoms in total. The van der Waals surface area contributed by atoms with Crippen molar-refractivity contribution in [2.45, 2.75) is 29.9 Å². The predicted molar refractivity (Wildman–Crippen MR) is 113 cm³/mol. The smallest absolute Gasteiger partial charge is 0.271 e. The molecule has 0 aliphatic rings. The molecule has 0 radical (unpaired) electrons. The summed E-state index contributed by atoms with van der Waals surface area (Å²) in [6, 6.07) is 14.7. The first kappa shape index (κ1) is 20.4. The lowest BCUT2D eigenvalue weighted by Crippen LogP contribution is -2.16. The quantitative estimate of drug-likeness (QED) is 0.603. The first-order valence-electron chi connectivity index (χ1n) is 8.36. The second kappa shape index (κ2) is 7.57. The fraction of sp³-hybridized carbons (Fsp3) is 0.158. The van der Waals surface area contributed by atoms with E-state index < -0.39 is 20.0 Å². The van der Waals surface area contributed by atoms with E-state index in [1.807, 2.05) is 19.9 Å². The maximum absolute atomic E-state index is 12.8. The van der Waals surface area contributed by atoms with Gasteiger partial charge in [0.05, 0.1) is 10.6 Å². The molecule has 0 saturated heterocycles. The minimum absolute atomic E-state index is 0.0107. The Morgan fingerprint density at radius 2 is 1.43 bits per heavy atom. The highest BCUT2D eigenvalue weighted by atomic mass is 32.2. The van der Waals surface area contributed by atoms with Gasteiger partial charge in [0.25, 0.3) is 20.0 Å². The van der Waals surface area contributed by atoms with Crippen LogP contribution in [-0.4, -0.2) is 16.8 Å². The van der Waals surface area contributed by atoms with Crippen molar-refractivity contribution in [3.05, 3.63) is 70.6 Å². The van der Waals surface area contributed by atoms with E-state index in [9.17, 15) is 16.8 Å². The number of sulfonamides is 2. The van der Waals surface area contributed by atoms with Gasteiger partial charge in [-0.25, -0.2) is 16.8 Å². The van der Waals surface area contributed by atoms with Crippen LogP contribution in [0.4, 0.5) is 11.4 Å². The van der Waals surface area contributed by atoms with Gasteiger partial charge >= 0.3 is 0 Å². The normalized spacial score (nSPS) is 12.0. The Kier molecular flexibility index (Phi) is 5.51. The minimum Gasteiger partial charge on any atom is -0.280 e. The minimum atomic E-state index is -3.88. The van der Waals surface area contributed by atoms with Crippen LogP contribution >= 0.6 is 11.3 Å². The van der Waals surface area contributed by atoms with Crippen molar-refractivity contribution in [2.75, 3.05) is 9.44 Å². The Labute approximate surface area is 169 Å². The van der Waals surface area contributed by atoms with Crippen molar-refractivity contribution in [3.63, 3.8) is 0 Å². The Morgan fingerprint density at radius 3 is 2.07 bits per heavy atom. The number of nitrogens with one attached hydrogen (secondary N) is 2. The molecule has 28 heavy (non-hydrogen) atoms. The third kappa shape index (κ3) is 4.54. The highest BCUT2D eigenvalue weighted by molar-refractivity contribution is 7.94. The molecule has 0 unspecified atom stereocenters. The lowest BCUT2D eigenvalue weighted by atomic mass is 10.2. The second-order valence-electron chi connectivity index (χ2n) is 6.43. The molecule has 0 bridgehead atoms. The van der Waals surface area contributed by atoms with Gasteiger partial charge in [0.2, 0.25) is 0 Å². The SMILES string of the molecule is Cc1cccc(NS(=O)(=O)c2cc(NS(=O)(=O)c3ccc(C)s3)ccc2C)c1. The zero-order valence-electron chi connectivity index (χ0n) is 15.6. The van der Waals surface area contributed by atoms with E-state index >= 15 is 0 Å². The summed E-state index contributed by atoms with van der Waals surface area (Å²) in [4.78, 5) is 0.881. The molecule has 1 heterocycles. The fourth-order valence-corrected chi connectivity index (χ4v) is 6.29. The van der Waals surface area contributed by atoms with Gasteiger partial charge in [-0.3, -0.25) is 9.44 Å². The van der Waals surface area contributed by atoms with E-state index in [1.54, 1.807) is 43.3 Å². The molecule has 0 aliphatic carbocycles. The van der Waals surface area contributed by atoms with Crippen molar-refractivity contribution in [1.29, 1.82) is 0 Å². The maximum Gasteiger partial charge on any atom is 0.271 e. The molecule has 0 spiro atoms. The molecular formula is C19H20N2O4S3. The lowest BCUT2D eigenvalue weighted by molar-refractivity contribution is 0.599. The third-order valence-electron chi connectivity index (χ3n) is 3.98. The molecule has 1 aromatic heterocycles. The highest BCUT2D eigenvalue weighted by Gasteiger charge is 2.21. The summed E-state index contributed by atoms with van der Waals surface area (Å²) >= 11 is 1.15. The monoisotopic (exact) mass is 436 g/mol. The highest BCUT2D eigenvalue weighted by Crippen LogP contribution is 2.27. The third-order valence-corrected chi connectivity index (χ3v) is 8.38. The summed E-state index contributed by atoms with van der Waals surface area (Å²) in [6.45, 7) is 5.34. The molecule has 2 N–H and O–H groups in total. The van der Waals surface area contributed by atoms with Crippen LogP contribution in [0.15, 0.2) is 63.7 Å². The van der Waals surface area contributed by atoms with Gasteiger partial charge < -0.3 is 0 Å². The molecule has 2 aromatic carbocycles. The fourth-order valence-electron chi connectivity index (χ4n) is 2.63. The molecule has 0 atom stereocenters. The average molecular weight is 437 g/mol. The number of rotatable bonds is 6. The van der Waals surface area contributed by atoms with E-state index in [4.69, 9.17) is 0 Å². The lowest BCUT2D eigenvalue weighted by Gasteiger charge is -2.13. The van der Waals surface area contributed by atoms with Gasteiger partial charge in [0.1, 0.15) is 4.21 Å². The van der Waals surface area contributed by atoms with Crippen LogP contribution in [0.3, 0.4) is 0 Å². The molecule has 9 heteroatoms. The number of anilines is 2. The molecule has 0 saturated carbocycles. The zero-order chi connectivity index (χ0) is 20.5. The summed E-state index contributed by atoms with van der Waals surface area (Å²) in [5.74, 6) is 0. The number of benzene rings is 2. The van der Waals surface area contributed by atoms with Crippen molar-refractivity contribution >= 4 is 42.8 Å². The molecule has 0 aliphatic heterocycles. The Bertz CT molecular complexity index is 1230. The molecule has 148 valence electrons. The summed E-state index contributed by atoms with van der Waals surface area (Å²) in [5.41, 5.74) is 2.06. The average Bonchev–Trinajstić information content (AvgIpc) is 3.03. The van der Waals surface area contributed by atoms with E-state index in [-0.39, 0.29) is 14.8 Å². The standard InChI is InChI=1S/C19H20N2O4S3/c1-13-5-4-6-16(11-13)20-27(22,23)18-12-17(9-7-14(18)2)21-28(24,25)19-10-8-15(3)26-19/h4-12,20-21H,1-3H3. The zero-order valence-corrected chi connectivity index (χ0v) is 18.0. The number of aryl methyl sites for hydroxylation is 3. The van der Waals surface area contributed by atoms with Crippen molar-refractivity contribution < 1.29 is 16.8 Å². The largest absolute Gasteiger partial charge is 0.280 e. The first-order chi connectivity index (χ1) is 13.1. The Hall–Kier alpha value is -2.36. The molecule has 0 fully saturated rings. The predicted octanol–water partition coefficient (Wildman–Crippen LogP) is 4.27. The number of hydrogen-bond acceptors (Lipinski definition) is 5. The van der Waals surface area contributed by atoms with Crippen LogP contribution in [0.5, 0.6) is 0 Å². The first-order valence-corrected chi connectivity index (χ1v) is 12.1. The van der Waals surface area contributed by atoms with Crippen LogP contribution in [0, 0.1) is 20.8 Å². The van der Waals surface area contributed by atoms with Gasteiger partial charge in [0.15, 0.2) is 0 Å². The number of hydrogen-bond donors (Lipinski definition) is 2.